The third kappa shape index (κ3) is 6.13. The van der Waals surface area contributed by atoms with Crippen molar-refractivity contribution in [2.45, 2.75) is 19.4 Å². The molecule has 0 saturated carbocycles. The molecule has 3 N–H and O–H groups in total. The molecule has 5 aromatic rings. The maximum absolute atomic E-state index is 14.0. The van der Waals surface area contributed by atoms with Crippen LogP contribution < -0.4 is 5.32 Å². The van der Waals surface area contributed by atoms with Gasteiger partial charge >= 0.3 is 5.97 Å². The number of carbonyl (C=O) groups excluding carboxylic acids is 2. The lowest BCUT2D eigenvalue weighted by Crippen LogP contribution is -2.35. The number of thiophene rings is 1. The molecule has 0 aliphatic heterocycles. The molecule has 7 nitrogen and oxygen atoms in total. The minimum atomic E-state index is -0.967. The Labute approximate surface area is 236 Å². The molecule has 0 saturated heterocycles. The quantitative estimate of drug-likeness (QED) is 0.188. The summed E-state index contributed by atoms with van der Waals surface area (Å²) in [6.45, 7) is 0.848. The van der Waals surface area contributed by atoms with E-state index in [9.17, 15) is 19.5 Å². The number of aromatic amines is 1. The number of carbonyl (C=O) groups is 3. The minimum absolute atomic E-state index is 0.0772. The van der Waals surface area contributed by atoms with Crippen LogP contribution in [0.2, 0.25) is 0 Å². The number of hydrogen-bond acceptors (Lipinski definition) is 4. The summed E-state index contributed by atoms with van der Waals surface area (Å²) in [6.07, 6.45) is 2.34. The normalized spacial score (nSPS) is 10.9. The summed E-state index contributed by atoms with van der Waals surface area (Å²) in [5, 5.41) is 15.4. The molecular weight excluding hydrogens is 522 g/mol. The van der Waals surface area contributed by atoms with Gasteiger partial charge < -0.3 is 20.3 Å². The maximum atomic E-state index is 14.0. The van der Waals surface area contributed by atoms with E-state index in [-0.39, 0.29) is 24.8 Å². The summed E-state index contributed by atoms with van der Waals surface area (Å²) < 4.78 is 0. The number of para-hydroxylation sites is 1. The van der Waals surface area contributed by atoms with Crippen LogP contribution in [0.25, 0.3) is 22.0 Å². The zero-order chi connectivity index (χ0) is 27.9. The Kier molecular flexibility index (Phi) is 8.37. The number of benzene rings is 3. The number of nitrogens with zero attached hydrogens (tertiary/aromatic N) is 1. The molecule has 2 amide bonds. The Bertz CT molecular complexity index is 1640. The molecule has 0 radical (unpaired) electrons. The first-order valence-electron chi connectivity index (χ1n) is 13.1. The lowest BCUT2D eigenvalue weighted by atomic mass is 9.94. The fourth-order valence-electron chi connectivity index (χ4n) is 4.81. The number of hydrogen-bond donors (Lipinski definition) is 3. The Balaban J connectivity index is 1.42. The number of nitrogens with one attached hydrogen (secondary N) is 2. The van der Waals surface area contributed by atoms with Gasteiger partial charge in [-0.15, -0.1) is 11.3 Å². The van der Waals surface area contributed by atoms with E-state index in [1.807, 2.05) is 72.2 Å². The Hall–Kier alpha value is -4.69. The molecule has 202 valence electrons. The van der Waals surface area contributed by atoms with E-state index in [0.717, 1.165) is 21.3 Å². The van der Waals surface area contributed by atoms with Crippen LogP contribution >= 0.6 is 11.3 Å². The molecule has 0 aliphatic rings. The third-order valence-corrected chi connectivity index (χ3v) is 7.71. The standard InChI is InChI=1S/C32H29N3O4S/c36-30(37)16-18-35(17-15-22-20-33-29-14-6-5-9-24(22)29)32(39)28-13-4-2-11-26(28)25-10-1-3-12-27(25)31(38)34-21-23-8-7-19-40-23/h1-14,19-20,33H,15-18,21H2,(H,34,38)(H,36,37). The van der Waals surface area contributed by atoms with Crippen molar-refractivity contribution in [3.8, 4) is 11.1 Å². The van der Waals surface area contributed by atoms with Crippen LogP contribution in [0.15, 0.2) is 96.5 Å². The van der Waals surface area contributed by atoms with Gasteiger partial charge in [0.1, 0.15) is 0 Å². The molecule has 0 unspecified atom stereocenters. The maximum Gasteiger partial charge on any atom is 0.305 e. The van der Waals surface area contributed by atoms with Crippen molar-refractivity contribution in [1.29, 1.82) is 0 Å². The molecule has 0 atom stereocenters. The van der Waals surface area contributed by atoms with E-state index in [1.54, 1.807) is 40.5 Å². The molecule has 8 heteroatoms. The van der Waals surface area contributed by atoms with E-state index in [1.165, 1.54) is 0 Å². The summed E-state index contributed by atoms with van der Waals surface area (Å²) in [7, 11) is 0. The largest absolute Gasteiger partial charge is 0.481 e. The van der Waals surface area contributed by atoms with Crippen molar-refractivity contribution in [2.24, 2.45) is 0 Å². The second-order valence-corrected chi connectivity index (χ2v) is 10.4. The number of aromatic nitrogens is 1. The van der Waals surface area contributed by atoms with Gasteiger partial charge in [-0.3, -0.25) is 14.4 Å². The van der Waals surface area contributed by atoms with Gasteiger partial charge in [0, 0.05) is 46.2 Å². The van der Waals surface area contributed by atoms with Crippen LogP contribution in [0, 0.1) is 0 Å². The van der Waals surface area contributed by atoms with Crippen molar-refractivity contribution < 1.29 is 19.5 Å². The van der Waals surface area contributed by atoms with Crippen LogP contribution in [0.1, 0.15) is 37.6 Å². The van der Waals surface area contributed by atoms with E-state index >= 15 is 0 Å². The van der Waals surface area contributed by atoms with Crippen molar-refractivity contribution in [3.05, 3.63) is 118 Å². The highest BCUT2D eigenvalue weighted by Crippen LogP contribution is 2.29. The number of rotatable bonds is 11. The highest BCUT2D eigenvalue weighted by atomic mass is 32.1. The predicted molar refractivity (Wildman–Crippen MR) is 158 cm³/mol. The summed E-state index contributed by atoms with van der Waals surface area (Å²) >= 11 is 1.57. The number of aliphatic carboxylic acids is 1. The average Bonchev–Trinajstić information content (AvgIpc) is 3.66. The molecule has 2 aromatic heterocycles. The molecule has 0 aliphatic carbocycles. The van der Waals surface area contributed by atoms with Gasteiger partial charge in [0.05, 0.1) is 13.0 Å². The van der Waals surface area contributed by atoms with Crippen LogP contribution in [-0.2, 0) is 17.8 Å². The van der Waals surface area contributed by atoms with E-state index < -0.39 is 5.97 Å². The summed E-state index contributed by atoms with van der Waals surface area (Å²) in [5.74, 6) is -1.47. The average molecular weight is 552 g/mol. The Morgan fingerprint density at radius 1 is 0.825 bits per heavy atom. The van der Waals surface area contributed by atoms with Crippen LogP contribution in [0.5, 0.6) is 0 Å². The summed E-state index contributed by atoms with van der Waals surface area (Å²) in [5.41, 5.74) is 4.23. The molecule has 0 spiro atoms. The lowest BCUT2D eigenvalue weighted by Gasteiger charge is -2.24. The Morgan fingerprint density at radius 3 is 2.27 bits per heavy atom. The van der Waals surface area contributed by atoms with Gasteiger partial charge in [0.15, 0.2) is 0 Å². The number of H-pyrrole nitrogens is 1. The van der Waals surface area contributed by atoms with Crippen molar-refractivity contribution in [3.63, 3.8) is 0 Å². The van der Waals surface area contributed by atoms with Crippen LogP contribution in [0.4, 0.5) is 0 Å². The topological polar surface area (TPSA) is 102 Å². The predicted octanol–water partition coefficient (Wildman–Crippen LogP) is 5.99. The van der Waals surface area contributed by atoms with E-state index in [4.69, 9.17) is 0 Å². The van der Waals surface area contributed by atoms with Gasteiger partial charge in [-0.1, -0.05) is 60.7 Å². The first-order chi connectivity index (χ1) is 19.5. The van der Waals surface area contributed by atoms with Gasteiger partial charge in [-0.2, -0.15) is 0 Å². The highest BCUT2D eigenvalue weighted by Gasteiger charge is 2.23. The molecule has 0 fully saturated rings. The zero-order valence-corrected chi connectivity index (χ0v) is 22.6. The van der Waals surface area contributed by atoms with Gasteiger partial charge in [0.25, 0.3) is 11.8 Å². The molecular formula is C32H29N3O4S. The monoisotopic (exact) mass is 551 g/mol. The van der Waals surface area contributed by atoms with Crippen LogP contribution in [0.3, 0.4) is 0 Å². The van der Waals surface area contributed by atoms with E-state index in [0.29, 0.717) is 41.8 Å². The fraction of sp³-hybridized carbons (Fsp3) is 0.156. The van der Waals surface area contributed by atoms with Crippen molar-refractivity contribution >= 4 is 40.0 Å². The van der Waals surface area contributed by atoms with Crippen molar-refractivity contribution in [2.75, 3.05) is 13.1 Å². The molecule has 40 heavy (non-hydrogen) atoms. The van der Waals surface area contributed by atoms with Crippen molar-refractivity contribution in [1.82, 2.24) is 15.2 Å². The van der Waals surface area contributed by atoms with Gasteiger partial charge in [-0.05, 0) is 52.8 Å². The minimum Gasteiger partial charge on any atom is -0.481 e. The number of amides is 2. The number of carboxylic acids is 1. The first kappa shape index (κ1) is 26.9. The highest BCUT2D eigenvalue weighted by molar-refractivity contribution is 7.09. The lowest BCUT2D eigenvalue weighted by molar-refractivity contribution is -0.137. The smallest absolute Gasteiger partial charge is 0.305 e. The van der Waals surface area contributed by atoms with Gasteiger partial charge in [-0.25, -0.2) is 0 Å². The molecule has 3 aromatic carbocycles. The number of fused-ring (bicyclic) bond motifs is 1. The second-order valence-electron chi connectivity index (χ2n) is 9.40. The Morgan fingerprint density at radius 2 is 1.52 bits per heavy atom. The molecule has 0 bridgehead atoms. The molecule has 2 heterocycles. The molecule has 5 rings (SSSR count). The third-order valence-electron chi connectivity index (χ3n) is 6.83. The van der Waals surface area contributed by atoms with Gasteiger partial charge in [0.2, 0.25) is 0 Å². The van der Waals surface area contributed by atoms with E-state index in [2.05, 4.69) is 10.3 Å². The SMILES string of the molecule is O=C(O)CCN(CCc1c[nH]c2ccccc12)C(=O)c1ccccc1-c1ccccc1C(=O)NCc1cccs1. The summed E-state index contributed by atoms with van der Waals surface area (Å²) in [6, 6.07) is 26.3. The second kappa shape index (κ2) is 12.4. The number of carboxylic acid groups (broad SMARTS) is 1. The fourth-order valence-corrected chi connectivity index (χ4v) is 5.45. The first-order valence-corrected chi connectivity index (χ1v) is 13.9. The van der Waals surface area contributed by atoms with Crippen LogP contribution in [-0.4, -0.2) is 45.9 Å². The summed E-state index contributed by atoms with van der Waals surface area (Å²) in [4.78, 5) is 44.5. The zero-order valence-electron chi connectivity index (χ0n) is 21.8.